The molecule has 0 fully saturated rings. The fourth-order valence-electron chi connectivity index (χ4n) is 2.53. The second kappa shape index (κ2) is 9.23. The number of hydrogen-bond donors (Lipinski definition) is 1. The number of carbonyl (C=O) groups is 1. The van der Waals surface area contributed by atoms with E-state index in [-0.39, 0.29) is 10.8 Å². The van der Waals surface area contributed by atoms with E-state index in [2.05, 4.69) is 65.1 Å². The van der Waals surface area contributed by atoms with Gasteiger partial charge in [0.05, 0.1) is 6.61 Å². The molecule has 1 rings (SSSR count). The molecule has 0 bridgehead atoms. The van der Waals surface area contributed by atoms with E-state index >= 15 is 0 Å². The highest BCUT2D eigenvalue weighted by molar-refractivity contribution is 5.76. The third kappa shape index (κ3) is 6.03. The molecule has 0 aliphatic heterocycles. The third-order valence-electron chi connectivity index (χ3n) is 5.29. The summed E-state index contributed by atoms with van der Waals surface area (Å²) in [5, 5.41) is 13.0. The number of rotatable bonds is 10. The molecule has 1 aromatic rings. The zero-order valence-electron chi connectivity index (χ0n) is 16.7. The van der Waals surface area contributed by atoms with Gasteiger partial charge in [-0.3, -0.25) is 4.79 Å². The van der Waals surface area contributed by atoms with Crippen molar-refractivity contribution in [3.63, 3.8) is 0 Å². The van der Waals surface area contributed by atoms with Gasteiger partial charge in [0.15, 0.2) is 6.61 Å². The Kier molecular flexibility index (Phi) is 7.94. The van der Waals surface area contributed by atoms with Crippen LogP contribution in [0.3, 0.4) is 0 Å². The molecule has 141 valence electrons. The van der Waals surface area contributed by atoms with Crippen molar-refractivity contribution in [2.45, 2.75) is 71.6 Å². The van der Waals surface area contributed by atoms with Crippen LogP contribution in [0.4, 0.5) is 0 Å². The van der Waals surface area contributed by atoms with E-state index in [9.17, 15) is 9.90 Å². The Balaban J connectivity index is 2.89. The fourth-order valence-corrected chi connectivity index (χ4v) is 2.53. The lowest BCUT2D eigenvalue weighted by molar-refractivity contribution is -0.125. The van der Waals surface area contributed by atoms with E-state index in [1.807, 2.05) is 0 Å². The van der Waals surface area contributed by atoms with Crippen molar-refractivity contribution in [1.82, 2.24) is 5.32 Å². The van der Waals surface area contributed by atoms with Crippen molar-refractivity contribution in [2.24, 2.45) is 0 Å². The fraction of sp³-hybridized carbons (Fsp3) is 0.667. The summed E-state index contributed by atoms with van der Waals surface area (Å²) >= 11 is 0. The summed E-state index contributed by atoms with van der Waals surface area (Å²) in [5.41, 5.74) is 2.74. The van der Waals surface area contributed by atoms with E-state index in [0.717, 1.165) is 18.6 Å². The van der Waals surface area contributed by atoms with Gasteiger partial charge in [0.2, 0.25) is 5.91 Å². The lowest BCUT2D eigenvalue weighted by atomic mass is 9.76. The minimum atomic E-state index is -0.718. The lowest BCUT2D eigenvalue weighted by Gasteiger charge is -2.30. The van der Waals surface area contributed by atoms with Gasteiger partial charge in [-0.2, -0.15) is 0 Å². The maximum absolute atomic E-state index is 11.0. The second-order valence-electron chi connectivity index (χ2n) is 7.88. The van der Waals surface area contributed by atoms with Gasteiger partial charge in [-0.1, -0.05) is 53.7 Å². The molecule has 4 heteroatoms. The topological polar surface area (TPSA) is 58.2 Å². The first-order valence-electron chi connectivity index (χ1n) is 9.30. The molecule has 4 nitrogen and oxygen atoms in total. The largest absolute Gasteiger partial charge is 0.493 e. The maximum Gasteiger partial charge on any atom is 0.249 e. The monoisotopic (exact) mass is 348 g/mol. The highest BCUT2D eigenvalue weighted by Crippen LogP contribution is 2.38. The van der Waals surface area contributed by atoms with Crippen molar-refractivity contribution in [2.75, 3.05) is 19.8 Å². The van der Waals surface area contributed by atoms with Crippen LogP contribution >= 0.6 is 0 Å². The Morgan fingerprint density at radius 3 is 2.28 bits per heavy atom. The van der Waals surface area contributed by atoms with E-state index < -0.39 is 12.5 Å². The SMILES string of the molecule is CCC(C)(C)c1ccc(OCCCNC(=O)C[O])c(C(C)(C)CC)c1. The molecule has 1 radical (unpaired) electrons. The van der Waals surface area contributed by atoms with Gasteiger partial charge in [-0.05, 0) is 41.7 Å². The van der Waals surface area contributed by atoms with Crippen LogP contribution in [0.1, 0.15) is 71.9 Å². The highest BCUT2D eigenvalue weighted by Gasteiger charge is 2.26. The van der Waals surface area contributed by atoms with Crippen LogP contribution < -0.4 is 10.1 Å². The van der Waals surface area contributed by atoms with Gasteiger partial charge >= 0.3 is 0 Å². The first kappa shape index (κ1) is 21.5. The standard InChI is InChI=1S/C21H34NO3/c1-7-20(3,4)16-10-11-18(17(14-16)21(5,6)8-2)25-13-9-12-22-19(24)15-23/h10-11,14H,7-9,12-13,15H2,1-6H3,(H,22,24). The van der Waals surface area contributed by atoms with Crippen molar-refractivity contribution in [3.8, 4) is 5.75 Å². The molecule has 1 N–H and O–H groups in total. The highest BCUT2D eigenvalue weighted by atomic mass is 16.5. The predicted molar refractivity (Wildman–Crippen MR) is 102 cm³/mol. The summed E-state index contributed by atoms with van der Waals surface area (Å²) in [6, 6.07) is 6.53. The molecular formula is C21H34NO3. The van der Waals surface area contributed by atoms with Crippen LogP contribution in [-0.2, 0) is 20.7 Å². The minimum absolute atomic E-state index is 0.0337. The second-order valence-corrected chi connectivity index (χ2v) is 7.88. The summed E-state index contributed by atoms with van der Waals surface area (Å²) in [6.45, 7) is 13.7. The average molecular weight is 349 g/mol. The van der Waals surface area contributed by atoms with Crippen LogP contribution in [0.25, 0.3) is 0 Å². The molecule has 0 aromatic heterocycles. The zero-order valence-corrected chi connectivity index (χ0v) is 16.7. The van der Waals surface area contributed by atoms with E-state index in [0.29, 0.717) is 19.6 Å². The van der Waals surface area contributed by atoms with Gasteiger partial charge in [0, 0.05) is 12.1 Å². The van der Waals surface area contributed by atoms with Crippen molar-refractivity contribution < 1.29 is 14.6 Å². The molecular weight excluding hydrogens is 314 g/mol. The van der Waals surface area contributed by atoms with Gasteiger partial charge in [0.25, 0.3) is 0 Å². The number of ether oxygens (including phenoxy) is 1. The molecule has 0 spiro atoms. The summed E-state index contributed by atoms with van der Waals surface area (Å²) in [5.74, 6) is 0.455. The Morgan fingerprint density at radius 2 is 1.72 bits per heavy atom. The quantitative estimate of drug-likeness (QED) is 0.638. The Morgan fingerprint density at radius 1 is 1.08 bits per heavy atom. The smallest absolute Gasteiger partial charge is 0.249 e. The van der Waals surface area contributed by atoms with Crippen LogP contribution in [0.2, 0.25) is 0 Å². The number of hydrogen-bond acceptors (Lipinski definition) is 2. The van der Waals surface area contributed by atoms with Crippen LogP contribution in [0.15, 0.2) is 18.2 Å². The molecule has 1 amide bonds. The normalized spacial score (nSPS) is 12.1. The Bertz CT molecular complexity index is 564. The molecule has 0 saturated heterocycles. The number of carbonyl (C=O) groups excluding carboxylic acids is 1. The Labute approximate surface area is 153 Å². The van der Waals surface area contributed by atoms with Crippen molar-refractivity contribution in [3.05, 3.63) is 29.3 Å². The molecule has 0 aliphatic carbocycles. The first-order valence-corrected chi connectivity index (χ1v) is 9.30. The van der Waals surface area contributed by atoms with Gasteiger partial charge in [-0.15, -0.1) is 0 Å². The zero-order chi connectivity index (χ0) is 19.1. The minimum Gasteiger partial charge on any atom is -0.493 e. The van der Waals surface area contributed by atoms with Gasteiger partial charge in [0.1, 0.15) is 5.75 Å². The van der Waals surface area contributed by atoms with Crippen molar-refractivity contribution >= 4 is 5.91 Å². The number of amides is 1. The van der Waals surface area contributed by atoms with Crippen LogP contribution in [-0.4, -0.2) is 25.7 Å². The molecule has 25 heavy (non-hydrogen) atoms. The molecule has 0 aliphatic rings. The Hall–Kier alpha value is -1.55. The predicted octanol–water partition coefficient (Wildman–Crippen LogP) is 4.38. The van der Waals surface area contributed by atoms with Crippen LogP contribution in [0, 0.1) is 0 Å². The van der Waals surface area contributed by atoms with E-state index in [4.69, 9.17) is 4.74 Å². The van der Waals surface area contributed by atoms with E-state index in [1.54, 1.807) is 0 Å². The molecule has 0 unspecified atom stereocenters. The molecule has 1 aromatic carbocycles. The van der Waals surface area contributed by atoms with E-state index in [1.165, 1.54) is 11.1 Å². The van der Waals surface area contributed by atoms with Gasteiger partial charge < -0.3 is 10.1 Å². The maximum atomic E-state index is 11.0. The third-order valence-corrected chi connectivity index (χ3v) is 5.29. The lowest BCUT2D eigenvalue weighted by Crippen LogP contribution is -2.27. The summed E-state index contributed by atoms with van der Waals surface area (Å²) in [6.07, 6.45) is 2.79. The van der Waals surface area contributed by atoms with Crippen molar-refractivity contribution in [1.29, 1.82) is 0 Å². The first-order chi connectivity index (χ1) is 11.7. The number of benzene rings is 1. The number of nitrogens with one attached hydrogen (secondary N) is 1. The van der Waals surface area contributed by atoms with Crippen LogP contribution in [0.5, 0.6) is 5.75 Å². The molecule has 0 heterocycles. The summed E-state index contributed by atoms with van der Waals surface area (Å²) in [4.78, 5) is 11.0. The average Bonchev–Trinajstić information content (AvgIpc) is 2.60. The summed E-state index contributed by atoms with van der Waals surface area (Å²) < 4.78 is 6.01. The summed E-state index contributed by atoms with van der Waals surface area (Å²) in [7, 11) is 0. The van der Waals surface area contributed by atoms with Gasteiger partial charge in [-0.25, -0.2) is 5.11 Å². The molecule has 0 saturated carbocycles. The molecule has 0 atom stereocenters.